The highest BCUT2D eigenvalue weighted by Crippen LogP contribution is 2.48. The first-order valence-electron chi connectivity index (χ1n) is 13.7. The standard InChI is InChI=1S/C30H42N4O2/c1-33(2)28(36)24-14-13-22(19-21-9-8-10-21)26(27(24)35)25-20-29(32-31-25)15-17-30(18-16-29,34(3)4)23-11-6-5-7-12-23/h5-7,11-14,21,25-26,31-32H,8-10,15-20H2,1-4H3/t25-,26?,29?,30?/m0/s1. The Morgan fingerprint density at radius 2 is 1.69 bits per heavy atom. The lowest BCUT2D eigenvalue weighted by Crippen LogP contribution is -2.53. The Hall–Kier alpha value is -2.28. The van der Waals surface area contributed by atoms with Crippen molar-refractivity contribution in [2.24, 2.45) is 11.8 Å². The predicted octanol–water partition coefficient (Wildman–Crippen LogP) is 3.95. The molecular weight excluding hydrogens is 448 g/mol. The van der Waals surface area contributed by atoms with Crippen LogP contribution in [0.3, 0.4) is 0 Å². The highest BCUT2D eigenvalue weighted by atomic mass is 16.2. The van der Waals surface area contributed by atoms with Gasteiger partial charge < -0.3 is 4.90 Å². The van der Waals surface area contributed by atoms with E-state index in [4.69, 9.17) is 0 Å². The fourth-order valence-corrected chi connectivity index (χ4v) is 6.98. The molecule has 5 rings (SSSR count). The van der Waals surface area contributed by atoms with Crippen LogP contribution >= 0.6 is 0 Å². The summed E-state index contributed by atoms with van der Waals surface area (Å²) in [6.45, 7) is 0. The van der Waals surface area contributed by atoms with Crippen molar-refractivity contribution >= 4 is 11.7 Å². The minimum Gasteiger partial charge on any atom is -0.345 e. The molecule has 1 saturated heterocycles. The lowest BCUT2D eigenvalue weighted by atomic mass is 9.66. The van der Waals surface area contributed by atoms with Crippen LogP contribution in [0.5, 0.6) is 0 Å². The van der Waals surface area contributed by atoms with Crippen LogP contribution in [0.2, 0.25) is 0 Å². The molecule has 0 aromatic heterocycles. The van der Waals surface area contributed by atoms with Gasteiger partial charge in [0.15, 0.2) is 5.78 Å². The zero-order valence-electron chi connectivity index (χ0n) is 22.3. The van der Waals surface area contributed by atoms with Gasteiger partial charge in [0.05, 0.1) is 11.5 Å². The third-order valence-corrected chi connectivity index (χ3v) is 9.53. The molecule has 2 N–H and O–H groups in total. The molecule has 3 fully saturated rings. The minimum atomic E-state index is -0.268. The van der Waals surface area contributed by atoms with Gasteiger partial charge in [0.2, 0.25) is 0 Å². The van der Waals surface area contributed by atoms with Crippen molar-refractivity contribution in [3.8, 4) is 0 Å². The highest BCUT2D eigenvalue weighted by Gasteiger charge is 2.51. The molecule has 6 heteroatoms. The van der Waals surface area contributed by atoms with Gasteiger partial charge >= 0.3 is 0 Å². The molecule has 4 aliphatic rings. The number of hydrazine groups is 1. The maximum absolute atomic E-state index is 13.8. The van der Waals surface area contributed by atoms with Crippen LogP contribution < -0.4 is 10.9 Å². The van der Waals surface area contributed by atoms with Crippen LogP contribution in [0.15, 0.2) is 53.6 Å². The summed E-state index contributed by atoms with van der Waals surface area (Å²) in [7, 11) is 7.83. The van der Waals surface area contributed by atoms with E-state index < -0.39 is 0 Å². The molecule has 6 nitrogen and oxygen atoms in total. The molecule has 1 aliphatic heterocycles. The lowest BCUT2D eigenvalue weighted by Gasteiger charge is -2.49. The van der Waals surface area contributed by atoms with Crippen LogP contribution in [0.4, 0.5) is 0 Å². The second kappa shape index (κ2) is 9.88. The normalized spacial score (nSPS) is 32.9. The molecule has 0 radical (unpaired) electrons. The summed E-state index contributed by atoms with van der Waals surface area (Å²) in [6, 6.07) is 10.9. The first kappa shape index (κ1) is 25.4. The van der Waals surface area contributed by atoms with Crippen LogP contribution in [0, 0.1) is 11.8 Å². The van der Waals surface area contributed by atoms with Gasteiger partial charge in [0, 0.05) is 31.2 Å². The van der Waals surface area contributed by atoms with Gasteiger partial charge in [0.25, 0.3) is 5.91 Å². The smallest absolute Gasteiger partial charge is 0.256 e. The van der Waals surface area contributed by atoms with Gasteiger partial charge in [-0.25, -0.2) is 0 Å². The quantitative estimate of drug-likeness (QED) is 0.591. The summed E-state index contributed by atoms with van der Waals surface area (Å²) in [6.07, 6.45) is 13.8. The van der Waals surface area contributed by atoms with Crippen molar-refractivity contribution in [3.05, 3.63) is 59.2 Å². The Bertz CT molecular complexity index is 1050. The number of carbonyl (C=O) groups excluding carboxylic acids is 2. The molecule has 194 valence electrons. The SMILES string of the molecule is CN(C)C(=O)C1=CC=C(CC2CCC2)C([C@@H]2CC3(CCC(c4ccccc4)(N(C)C)CC3)NN2)C1=O. The summed E-state index contributed by atoms with van der Waals surface area (Å²) in [5.41, 5.74) is 10.2. The second-order valence-electron chi connectivity index (χ2n) is 12.0. The Balaban J connectivity index is 1.35. The molecule has 3 aliphatic carbocycles. The summed E-state index contributed by atoms with van der Waals surface area (Å²) < 4.78 is 0. The number of Topliss-reactive ketones (excluding diaryl/α,β-unsaturated/α-hetero) is 1. The minimum absolute atomic E-state index is 0.00562. The molecule has 1 spiro atoms. The topological polar surface area (TPSA) is 64.7 Å². The molecule has 36 heavy (non-hydrogen) atoms. The second-order valence-corrected chi connectivity index (χ2v) is 12.0. The molecule has 1 heterocycles. The third kappa shape index (κ3) is 4.48. The number of likely N-dealkylation sites (N-methyl/N-ethyl adjacent to an activating group) is 1. The van der Waals surface area contributed by atoms with Crippen LogP contribution in [-0.2, 0) is 15.1 Å². The van der Waals surface area contributed by atoms with Gasteiger partial charge in [-0.2, -0.15) is 0 Å². The van der Waals surface area contributed by atoms with E-state index in [0.29, 0.717) is 11.5 Å². The fourth-order valence-electron chi connectivity index (χ4n) is 6.98. The number of amides is 1. The van der Waals surface area contributed by atoms with Crippen molar-refractivity contribution in [2.75, 3.05) is 28.2 Å². The lowest BCUT2D eigenvalue weighted by molar-refractivity contribution is -0.129. The van der Waals surface area contributed by atoms with Crippen LogP contribution in [-0.4, -0.2) is 61.3 Å². The van der Waals surface area contributed by atoms with Gasteiger partial charge in [-0.05, 0) is 70.2 Å². The molecule has 1 aromatic carbocycles. The maximum atomic E-state index is 13.8. The van der Waals surface area contributed by atoms with Crippen LogP contribution in [0.25, 0.3) is 0 Å². The Kier molecular flexibility index (Phi) is 6.96. The van der Waals surface area contributed by atoms with E-state index in [9.17, 15) is 9.59 Å². The zero-order valence-corrected chi connectivity index (χ0v) is 22.3. The Labute approximate surface area is 216 Å². The van der Waals surface area contributed by atoms with Gasteiger partial charge in [-0.3, -0.25) is 25.3 Å². The van der Waals surface area contributed by atoms with E-state index in [1.165, 1.54) is 35.3 Å². The number of benzene rings is 1. The van der Waals surface area contributed by atoms with Crippen molar-refractivity contribution in [1.82, 2.24) is 20.7 Å². The molecule has 2 saturated carbocycles. The van der Waals surface area contributed by atoms with Crippen LogP contribution in [0.1, 0.15) is 63.4 Å². The van der Waals surface area contributed by atoms with E-state index in [2.05, 4.69) is 66.3 Å². The van der Waals surface area contributed by atoms with E-state index >= 15 is 0 Å². The monoisotopic (exact) mass is 490 g/mol. The maximum Gasteiger partial charge on any atom is 0.256 e. The number of ketones is 1. The Morgan fingerprint density at radius 1 is 1.00 bits per heavy atom. The number of nitrogens with zero attached hydrogens (tertiary/aromatic N) is 2. The zero-order chi connectivity index (χ0) is 25.5. The Morgan fingerprint density at radius 3 is 2.28 bits per heavy atom. The average molecular weight is 491 g/mol. The van der Waals surface area contributed by atoms with E-state index in [0.717, 1.165) is 38.5 Å². The fraction of sp³-hybridized carbons (Fsp3) is 0.600. The first-order valence-corrected chi connectivity index (χ1v) is 13.7. The summed E-state index contributed by atoms with van der Waals surface area (Å²) in [5.74, 6) is 0.206. The molecule has 1 aromatic rings. The van der Waals surface area contributed by atoms with Crippen molar-refractivity contribution < 1.29 is 9.59 Å². The highest BCUT2D eigenvalue weighted by molar-refractivity contribution is 6.21. The molecule has 1 amide bonds. The molecule has 0 bridgehead atoms. The van der Waals surface area contributed by atoms with Gasteiger partial charge in [-0.1, -0.05) is 61.2 Å². The first-order chi connectivity index (χ1) is 17.2. The third-order valence-electron chi connectivity index (χ3n) is 9.53. The van der Waals surface area contributed by atoms with E-state index in [1.54, 1.807) is 20.2 Å². The number of hydrogen-bond acceptors (Lipinski definition) is 5. The van der Waals surface area contributed by atoms with Crippen molar-refractivity contribution in [3.63, 3.8) is 0 Å². The molecular formula is C30H42N4O2. The summed E-state index contributed by atoms with van der Waals surface area (Å²) in [4.78, 5) is 30.5. The number of hydrogen-bond donors (Lipinski definition) is 2. The number of nitrogens with one attached hydrogen (secondary N) is 2. The molecule has 2 atom stereocenters. The largest absolute Gasteiger partial charge is 0.345 e. The number of rotatable bonds is 6. The van der Waals surface area contributed by atoms with E-state index in [-0.39, 0.29) is 34.7 Å². The van der Waals surface area contributed by atoms with E-state index in [1.807, 2.05) is 0 Å². The average Bonchev–Trinajstić information content (AvgIpc) is 3.25. The van der Waals surface area contributed by atoms with Gasteiger partial charge in [0.1, 0.15) is 0 Å². The predicted molar refractivity (Wildman–Crippen MR) is 143 cm³/mol. The summed E-state index contributed by atoms with van der Waals surface area (Å²) in [5, 5.41) is 0. The van der Waals surface area contributed by atoms with Crippen molar-refractivity contribution in [2.45, 2.75) is 74.9 Å². The van der Waals surface area contributed by atoms with Crippen molar-refractivity contribution in [1.29, 1.82) is 0 Å². The summed E-state index contributed by atoms with van der Waals surface area (Å²) >= 11 is 0. The number of carbonyl (C=O) groups is 2. The van der Waals surface area contributed by atoms with Gasteiger partial charge in [-0.15, -0.1) is 0 Å². The molecule has 1 unspecified atom stereocenters. The number of allylic oxidation sites excluding steroid dienone is 2.